The van der Waals surface area contributed by atoms with Crippen molar-refractivity contribution >= 4 is 16.0 Å². The first-order valence-corrected chi connectivity index (χ1v) is 10.7. The molecule has 0 aromatic rings. The Morgan fingerprint density at radius 2 is 1.79 bits per heavy atom. The number of sulfonamides is 1. The van der Waals surface area contributed by atoms with Crippen LogP contribution in [-0.2, 0) is 10.0 Å². The Hall–Kier alpha value is -0.860. The number of nitrogens with zero attached hydrogens (tertiary/aromatic N) is 3. The van der Waals surface area contributed by atoms with E-state index in [0.717, 1.165) is 45.2 Å². The number of hydrogen-bond acceptors (Lipinski definition) is 4. The third-order valence-electron chi connectivity index (χ3n) is 3.72. The summed E-state index contributed by atoms with van der Waals surface area (Å²) in [4.78, 5) is 9.41. The number of rotatable bonds is 7. The number of aliphatic imine (C=N–C) groups is 1. The lowest BCUT2D eigenvalue weighted by molar-refractivity contribution is 0.164. The fourth-order valence-corrected chi connectivity index (χ4v) is 3.96. The van der Waals surface area contributed by atoms with E-state index in [1.165, 1.54) is 6.26 Å². The number of piperazine rings is 1. The molecule has 0 aromatic carbocycles. The molecule has 0 aromatic heterocycles. The van der Waals surface area contributed by atoms with Crippen molar-refractivity contribution in [2.75, 3.05) is 52.1 Å². The van der Waals surface area contributed by atoms with Gasteiger partial charge in [-0.25, -0.2) is 13.1 Å². The molecule has 142 valence electrons. The summed E-state index contributed by atoms with van der Waals surface area (Å²) in [7, 11) is -3.25. The van der Waals surface area contributed by atoms with E-state index in [2.05, 4.69) is 38.7 Å². The smallest absolute Gasteiger partial charge is 0.209 e. The van der Waals surface area contributed by atoms with Crippen LogP contribution in [0.4, 0.5) is 0 Å². The Morgan fingerprint density at radius 1 is 1.21 bits per heavy atom. The Morgan fingerprint density at radius 3 is 2.25 bits per heavy atom. The minimum absolute atomic E-state index is 0.397. The standard InChI is InChI=1S/C16H35N5O2S/c1-7-17-15(18-13-16(4,5)19-24(6,22)23)21-10-8-20(9-11-21)12-14(2)3/h14,19H,7-13H2,1-6H3,(H,17,18). The summed E-state index contributed by atoms with van der Waals surface area (Å²) in [6.07, 6.45) is 1.18. The molecule has 24 heavy (non-hydrogen) atoms. The van der Waals surface area contributed by atoms with Gasteiger partial charge in [-0.05, 0) is 26.7 Å². The second kappa shape index (κ2) is 9.01. The Bertz CT molecular complexity index is 509. The van der Waals surface area contributed by atoms with Crippen LogP contribution in [0.15, 0.2) is 4.99 Å². The van der Waals surface area contributed by atoms with Crippen molar-refractivity contribution in [2.24, 2.45) is 10.9 Å². The van der Waals surface area contributed by atoms with Crippen LogP contribution in [0, 0.1) is 5.92 Å². The van der Waals surface area contributed by atoms with E-state index in [9.17, 15) is 8.42 Å². The van der Waals surface area contributed by atoms with E-state index in [4.69, 9.17) is 0 Å². The second-order valence-electron chi connectivity index (χ2n) is 7.61. The van der Waals surface area contributed by atoms with Crippen molar-refractivity contribution in [3.05, 3.63) is 0 Å². The molecule has 1 rings (SSSR count). The lowest BCUT2D eigenvalue weighted by Crippen LogP contribution is -2.53. The molecule has 1 aliphatic heterocycles. The summed E-state index contributed by atoms with van der Waals surface area (Å²) in [6, 6.07) is 0. The zero-order valence-corrected chi connectivity index (χ0v) is 16.9. The highest BCUT2D eigenvalue weighted by Crippen LogP contribution is 2.08. The highest BCUT2D eigenvalue weighted by atomic mass is 32.2. The average molecular weight is 362 g/mol. The van der Waals surface area contributed by atoms with Crippen molar-refractivity contribution in [3.8, 4) is 0 Å². The molecule has 8 heteroatoms. The fourth-order valence-electron chi connectivity index (χ4n) is 2.89. The van der Waals surface area contributed by atoms with Crippen molar-refractivity contribution in [3.63, 3.8) is 0 Å². The van der Waals surface area contributed by atoms with Gasteiger partial charge in [-0.2, -0.15) is 0 Å². The Balaban J connectivity index is 2.67. The molecule has 2 N–H and O–H groups in total. The van der Waals surface area contributed by atoms with E-state index in [-0.39, 0.29) is 0 Å². The molecule has 0 aliphatic carbocycles. The highest BCUT2D eigenvalue weighted by molar-refractivity contribution is 7.88. The largest absolute Gasteiger partial charge is 0.357 e. The normalized spacial score (nSPS) is 18.3. The first kappa shape index (κ1) is 21.2. The molecule has 0 saturated carbocycles. The summed E-state index contributed by atoms with van der Waals surface area (Å²) < 4.78 is 25.5. The van der Waals surface area contributed by atoms with Crippen LogP contribution in [0.25, 0.3) is 0 Å². The molecule has 0 radical (unpaired) electrons. The van der Waals surface area contributed by atoms with Crippen molar-refractivity contribution in [1.29, 1.82) is 0 Å². The third kappa shape index (κ3) is 8.30. The van der Waals surface area contributed by atoms with Crippen LogP contribution in [0.1, 0.15) is 34.6 Å². The van der Waals surface area contributed by atoms with Crippen molar-refractivity contribution in [2.45, 2.75) is 40.2 Å². The molecule has 1 heterocycles. The third-order valence-corrected chi connectivity index (χ3v) is 4.64. The summed E-state index contributed by atoms with van der Waals surface area (Å²) in [5.74, 6) is 1.55. The van der Waals surface area contributed by atoms with E-state index in [1.54, 1.807) is 0 Å². The minimum atomic E-state index is -3.25. The van der Waals surface area contributed by atoms with Gasteiger partial charge in [0.15, 0.2) is 5.96 Å². The van der Waals surface area contributed by atoms with E-state index >= 15 is 0 Å². The SMILES string of the molecule is CCNC(=NCC(C)(C)NS(C)(=O)=O)N1CCN(CC(C)C)CC1. The highest BCUT2D eigenvalue weighted by Gasteiger charge is 2.24. The summed E-state index contributed by atoms with van der Waals surface area (Å²) in [5, 5.41) is 3.32. The summed E-state index contributed by atoms with van der Waals surface area (Å²) in [6.45, 7) is 16.5. The zero-order chi connectivity index (χ0) is 18.4. The van der Waals surface area contributed by atoms with E-state index in [0.29, 0.717) is 12.5 Å². The van der Waals surface area contributed by atoms with Gasteiger partial charge >= 0.3 is 0 Å². The van der Waals surface area contributed by atoms with Crippen LogP contribution < -0.4 is 10.0 Å². The van der Waals surface area contributed by atoms with Gasteiger partial charge in [0.1, 0.15) is 0 Å². The topological polar surface area (TPSA) is 77.0 Å². The molecule has 1 fully saturated rings. The molecule has 7 nitrogen and oxygen atoms in total. The fraction of sp³-hybridized carbons (Fsp3) is 0.938. The lowest BCUT2D eigenvalue weighted by Gasteiger charge is -2.37. The second-order valence-corrected chi connectivity index (χ2v) is 9.36. The van der Waals surface area contributed by atoms with E-state index in [1.807, 2.05) is 20.8 Å². The van der Waals surface area contributed by atoms with Gasteiger partial charge in [-0.3, -0.25) is 9.89 Å². The average Bonchev–Trinajstić information content (AvgIpc) is 2.41. The lowest BCUT2D eigenvalue weighted by atomic mass is 10.1. The molecule has 0 amide bonds. The van der Waals surface area contributed by atoms with Gasteiger partial charge in [-0.15, -0.1) is 0 Å². The Labute approximate surface area is 147 Å². The van der Waals surface area contributed by atoms with Gasteiger partial charge in [0.25, 0.3) is 0 Å². The van der Waals surface area contributed by atoms with E-state index < -0.39 is 15.6 Å². The molecule has 1 aliphatic rings. The summed E-state index contributed by atoms with van der Waals surface area (Å²) >= 11 is 0. The summed E-state index contributed by atoms with van der Waals surface area (Å²) in [5.41, 5.74) is -0.603. The maximum atomic E-state index is 11.5. The predicted molar refractivity (Wildman–Crippen MR) is 101 cm³/mol. The van der Waals surface area contributed by atoms with Gasteiger partial charge < -0.3 is 10.2 Å². The maximum Gasteiger partial charge on any atom is 0.209 e. The molecular formula is C16H35N5O2S. The monoisotopic (exact) mass is 361 g/mol. The molecule has 1 saturated heterocycles. The van der Waals surface area contributed by atoms with Gasteiger partial charge in [0, 0.05) is 44.8 Å². The van der Waals surface area contributed by atoms with Crippen LogP contribution in [0.3, 0.4) is 0 Å². The van der Waals surface area contributed by atoms with Crippen LogP contribution in [-0.4, -0.2) is 81.8 Å². The number of hydrogen-bond donors (Lipinski definition) is 2. The molecule has 0 unspecified atom stereocenters. The van der Waals surface area contributed by atoms with Crippen molar-refractivity contribution in [1.82, 2.24) is 19.8 Å². The van der Waals surface area contributed by atoms with Crippen molar-refractivity contribution < 1.29 is 8.42 Å². The first-order valence-electron chi connectivity index (χ1n) is 8.77. The zero-order valence-electron chi connectivity index (χ0n) is 16.1. The van der Waals surface area contributed by atoms with Gasteiger partial charge in [-0.1, -0.05) is 13.8 Å². The minimum Gasteiger partial charge on any atom is -0.357 e. The molecule has 0 spiro atoms. The van der Waals surface area contributed by atoms with Gasteiger partial charge in [0.05, 0.1) is 12.8 Å². The molecule has 0 atom stereocenters. The molecular weight excluding hydrogens is 326 g/mol. The van der Waals surface area contributed by atoms with Crippen LogP contribution >= 0.6 is 0 Å². The van der Waals surface area contributed by atoms with Gasteiger partial charge in [0.2, 0.25) is 10.0 Å². The maximum absolute atomic E-state index is 11.5. The predicted octanol–water partition coefficient (Wildman–Crippen LogP) is 0.553. The number of nitrogens with one attached hydrogen (secondary N) is 2. The first-order chi connectivity index (χ1) is 11.0. The Kier molecular flexibility index (Phi) is 7.95. The number of guanidine groups is 1. The van der Waals surface area contributed by atoms with Crippen LogP contribution in [0.5, 0.6) is 0 Å². The molecule has 0 bridgehead atoms. The van der Waals surface area contributed by atoms with Crippen LogP contribution in [0.2, 0.25) is 0 Å². The quantitative estimate of drug-likeness (QED) is 0.512.